The van der Waals surface area contributed by atoms with Gasteiger partial charge in [-0.1, -0.05) is 26.7 Å². The molecule has 1 unspecified atom stereocenters. The maximum Gasteiger partial charge on any atom is 0.305 e. The van der Waals surface area contributed by atoms with Crippen LogP contribution < -0.4 is 5.32 Å². The summed E-state index contributed by atoms with van der Waals surface area (Å²) in [7, 11) is 0. The first kappa shape index (κ1) is 16.9. The lowest BCUT2D eigenvalue weighted by molar-refractivity contribution is -0.137. The molecule has 1 heterocycles. The van der Waals surface area contributed by atoms with Crippen LogP contribution in [0, 0.1) is 5.92 Å². The lowest BCUT2D eigenvalue weighted by Gasteiger charge is -2.37. The number of carbonyl (C=O) groups excluding carboxylic acids is 1. The van der Waals surface area contributed by atoms with Crippen molar-refractivity contribution in [3.05, 3.63) is 0 Å². The van der Waals surface area contributed by atoms with E-state index < -0.39 is 5.97 Å². The van der Waals surface area contributed by atoms with Gasteiger partial charge < -0.3 is 15.2 Å². The summed E-state index contributed by atoms with van der Waals surface area (Å²) in [6, 6.07) is -0.178. The van der Waals surface area contributed by atoms with E-state index in [2.05, 4.69) is 24.1 Å². The third-order valence-electron chi connectivity index (χ3n) is 3.84. The van der Waals surface area contributed by atoms with Crippen LogP contribution in [0.4, 0.5) is 0 Å². The molecular weight excluding hydrogens is 260 g/mol. The average molecular weight is 286 g/mol. The molecule has 6 nitrogen and oxygen atoms in total. The van der Waals surface area contributed by atoms with Crippen LogP contribution in [0.2, 0.25) is 0 Å². The molecule has 20 heavy (non-hydrogen) atoms. The summed E-state index contributed by atoms with van der Waals surface area (Å²) in [5.41, 5.74) is 0. The number of hydrogen-bond donors (Lipinski definition) is 2. The first-order valence-corrected chi connectivity index (χ1v) is 7.41. The van der Waals surface area contributed by atoms with E-state index in [1.807, 2.05) is 0 Å². The monoisotopic (exact) mass is 286 g/mol. The number of carbonyl (C=O) groups is 2. The highest BCUT2D eigenvalue weighted by atomic mass is 16.5. The van der Waals surface area contributed by atoms with Crippen molar-refractivity contribution < 1.29 is 19.4 Å². The van der Waals surface area contributed by atoms with Gasteiger partial charge in [0.1, 0.15) is 0 Å². The highest BCUT2D eigenvalue weighted by Crippen LogP contribution is 2.20. The second-order valence-corrected chi connectivity index (χ2v) is 5.10. The zero-order valence-corrected chi connectivity index (χ0v) is 12.4. The maximum atomic E-state index is 12.4. The van der Waals surface area contributed by atoms with Gasteiger partial charge in [0, 0.05) is 19.6 Å². The minimum absolute atomic E-state index is 0.0372. The Kier molecular flexibility index (Phi) is 7.54. The third-order valence-corrected chi connectivity index (χ3v) is 3.84. The molecule has 6 heteroatoms. The van der Waals surface area contributed by atoms with Crippen LogP contribution in [0.5, 0.6) is 0 Å². The lowest BCUT2D eigenvalue weighted by Crippen LogP contribution is -2.54. The molecular formula is C14H26N2O4. The van der Waals surface area contributed by atoms with Crippen molar-refractivity contribution in [1.29, 1.82) is 0 Å². The van der Waals surface area contributed by atoms with E-state index in [9.17, 15) is 9.59 Å². The summed E-state index contributed by atoms with van der Waals surface area (Å²) in [4.78, 5) is 25.1. The molecule has 1 fully saturated rings. The van der Waals surface area contributed by atoms with Gasteiger partial charge in [0.25, 0.3) is 0 Å². The van der Waals surface area contributed by atoms with Gasteiger partial charge in [0.05, 0.1) is 25.7 Å². The van der Waals surface area contributed by atoms with Crippen LogP contribution in [0.15, 0.2) is 0 Å². The molecule has 0 aromatic heterocycles. The highest BCUT2D eigenvalue weighted by molar-refractivity contribution is 5.82. The second-order valence-electron chi connectivity index (χ2n) is 5.10. The van der Waals surface area contributed by atoms with Crippen LogP contribution in [0.3, 0.4) is 0 Å². The van der Waals surface area contributed by atoms with Gasteiger partial charge in [0.15, 0.2) is 0 Å². The summed E-state index contributed by atoms with van der Waals surface area (Å²) >= 11 is 0. The topological polar surface area (TPSA) is 78.9 Å². The zero-order chi connectivity index (χ0) is 15.0. The van der Waals surface area contributed by atoms with Gasteiger partial charge in [-0.3, -0.25) is 14.5 Å². The van der Waals surface area contributed by atoms with Gasteiger partial charge in [0.2, 0.25) is 5.91 Å². The number of ether oxygens (including phenoxy) is 1. The number of carboxylic acid groups (broad SMARTS) is 1. The largest absolute Gasteiger partial charge is 0.481 e. The number of morpholine rings is 1. The molecule has 0 aliphatic carbocycles. The van der Waals surface area contributed by atoms with E-state index in [0.29, 0.717) is 13.2 Å². The molecule has 0 aromatic rings. The molecule has 0 spiro atoms. The van der Waals surface area contributed by atoms with E-state index >= 15 is 0 Å². The Labute approximate surface area is 120 Å². The molecule has 1 amide bonds. The number of hydrogen-bond acceptors (Lipinski definition) is 4. The number of nitrogens with one attached hydrogen (secondary N) is 1. The van der Waals surface area contributed by atoms with Crippen LogP contribution in [-0.4, -0.2) is 60.8 Å². The molecule has 1 aliphatic heterocycles. The summed E-state index contributed by atoms with van der Waals surface area (Å²) in [5, 5.41) is 11.4. The molecule has 1 saturated heterocycles. The summed E-state index contributed by atoms with van der Waals surface area (Å²) in [6.07, 6.45) is 1.83. The first-order chi connectivity index (χ1) is 9.60. The normalized spacial score (nSPS) is 17.9. The second kappa shape index (κ2) is 8.92. The van der Waals surface area contributed by atoms with Gasteiger partial charge in [-0.15, -0.1) is 0 Å². The minimum Gasteiger partial charge on any atom is -0.481 e. The van der Waals surface area contributed by atoms with Gasteiger partial charge >= 0.3 is 5.97 Å². The Morgan fingerprint density at radius 2 is 1.85 bits per heavy atom. The third kappa shape index (κ3) is 5.09. The van der Waals surface area contributed by atoms with Gasteiger partial charge in [-0.05, 0) is 5.92 Å². The predicted molar refractivity (Wildman–Crippen MR) is 75.5 cm³/mol. The van der Waals surface area contributed by atoms with E-state index in [1.54, 1.807) is 0 Å². The van der Waals surface area contributed by atoms with E-state index in [1.165, 1.54) is 0 Å². The highest BCUT2D eigenvalue weighted by Gasteiger charge is 2.32. The van der Waals surface area contributed by atoms with E-state index in [4.69, 9.17) is 9.84 Å². The van der Waals surface area contributed by atoms with Crippen molar-refractivity contribution >= 4 is 11.9 Å². The van der Waals surface area contributed by atoms with E-state index in [0.717, 1.165) is 25.9 Å². The predicted octanol–water partition coefficient (Wildman–Crippen LogP) is 0.714. The molecule has 116 valence electrons. The van der Waals surface area contributed by atoms with Crippen molar-refractivity contribution in [1.82, 2.24) is 10.2 Å². The molecule has 0 bridgehead atoms. The fourth-order valence-electron chi connectivity index (χ4n) is 2.67. The quantitative estimate of drug-likeness (QED) is 0.687. The van der Waals surface area contributed by atoms with Crippen molar-refractivity contribution in [2.45, 2.75) is 39.2 Å². The van der Waals surface area contributed by atoms with Crippen molar-refractivity contribution in [2.75, 3.05) is 32.8 Å². The number of aliphatic carboxylic acids is 1. The number of amides is 1. The minimum atomic E-state index is -0.893. The smallest absolute Gasteiger partial charge is 0.305 e. The van der Waals surface area contributed by atoms with Crippen LogP contribution >= 0.6 is 0 Å². The summed E-state index contributed by atoms with van der Waals surface area (Å²) in [6.45, 7) is 7.19. The van der Waals surface area contributed by atoms with Crippen LogP contribution in [0.1, 0.15) is 33.1 Å². The Balaban J connectivity index is 2.64. The summed E-state index contributed by atoms with van der Waals surface area (Å²) in [5.74, 6) is -0.657. The SMILES string of the molecule is CCC(CC)C(C(=O)NCCC(=O)O)N1CCOCC1. The Bertz CT molecular complexity index is 312. The molecule has 0 saturated carbocycles. The van der Waals surface area contributed by atoms with Crippen LogP contribution in [-0.2, 0) is 14.3 Å². The number of rotatable bonds is 8. The first-order valence-electron chi connectivity index (χ1n) is 7.41. The molecule has 1 atom stereocenters. The fraction of sp³-hybridized carbons (Fsp3) is 0.857. The van der Waals surface area contributed by atoms with Crippen LogP contribution in [0.25, 0.3) is 0 Å². The van der Waals surface area contributed by atoms with E-state index in [-0.39, 0.29) is 30.8 Å². The average Bonchev–Trinajstić information content (AvgIpc) is 2.44. The lowest BCUT2D eigenvalue weighted by atomic mass is 9.91. The Morgan fingerprint density at radius 3 is 2.35 bits per heavy atom. The number of nitrogens with zero attached hydrogens (tertiary/aromatic N) is 1. The number of carboxylic acids is 1. The molecule has 1 rings (SSSR count). The summed E-state index contributed by atoms with van der Waals surface area (Å²) < 4.78 is 5.34. The van der Waals surface area contributed by atoms with Gasteiger partial charge in [-0.2, -0.15) is 0 Å². The maximum absolute atomic E-state index is 12.4. The molecule has 2 N–H and O–H groups in total. The fourth-order valence-corrected chi connectivity index (χ4v) is 2.67. The van der Waals surface area contributed by atoms with Crippen molar-refractivity contribution in [3.63, 3.8) is 0 Å². The van der Waals surface area contributed by atoms with Crippen molar-refractivity contribution in [3.8, 4) is 0 Å². The van der Waals surface area contributed by atoms with Crippen molar-refractivity contribution in [2.24, 2.45) is 5.92 Å². The van der Waals surface area contributed by atoms with Gasteiger partial charge in [-0.25, -0.2) is 0 Å². The zero-order valence-electron chi connectivity index (χ0n) is 12.4. The molecule has 1 aliphatic rings. The Hall–Kier alpha value is -1.14. The molecule has 0 radical (unpaired) electrons. The standard InChI is InChI=1S/C14H26N2O4/c1-3-11(4-2)13(16-7-9-20-10-8-16)14(19)15-6-5-12(17)18/h11,13H,3-10H2,1-2H3,(H,15,19)(H,17,18). The Morgan fingerprint density at radius 1 is 1.25 bits per heavy atom. The molecule has 0 aromatic carbocycles.